The van der Waals surface area contributed by atoms with E-state index in [9.17, 15) is 14.4 Å². The quantitative estimate of drug-likeness (QED) is 0.319. The molecule has 3 aliphatic heterocycles. The Kier molecular flexibility index (Phi) is 13.9. The maximum Gasteiger partial charge on any atom is 0.308 e. The summed E-state index contributed by atoms with van der Waals surface area (Å²) in [5.74, 6) is 1.24. The molecule has 10 heteroatoms. The number of Topliss-reactive ketones (excluding diaryl/α,β-unsaturated/α-hetero) is 1. The summed E-state index contributed by atoms with van der Waals surface area (Å²) in [6.45, 7) is 12.7. The third-order valence-electron chi connectivity index (χ3n) is 10.4. The molecule has 0 aromatic rings. The number of hydrogen-bond donors (Lipinski definition) is 0. The zero-order chi connectivity index (χ0) is 31.6. The van der Waals surface area contributed by atoms with Crippen molar-refractivity contribution in [3.8, 4) is 0 Å². The molecular formula is C34H59N3O7. The maximum atomic E-state index is 11.8. The van der Waals surface area contributed by atoms with Gasteiger partial charge >= 0.3 is 11.9 Å². The summed E-state index contributed by atoms with van der Waals surface area (Å²) in [4.78, 5) is 41.9. The molecule has 44 heavy (non-hydrogen) atoms. The van der Waals surface area contributed by atoms with Gasteiger partial charge in [0, 0.05) is 44.2 Å². The first kappa shape index (κ1) is 35.3. The fourth-order valence-corrected chi connectivity index (χ4v) is 7.58. The van der Waals surface area contributed by atoms with Crippen LogP contribution in [0.4, 0.5) is 0 Å². The van der Waals surface area contributed by atoms with Crippen LogP contribution in [0.2, 0.25) is 0 Å². The standard InChI is InChI=1S/C19H34N2O3.C15H25NO4/c1-4-23-19(22)15-5-7-18(8-6-15)24-13-17-9-16(12-20(17)3)21-10-14(2)11-21;1-3-19-15(18)11-4-6-14(7-5-11)20-10-12-8-13(17)9-16(12)2/h14-18H,4-13H2,1-3H3;11-12,14H,3-10H2,1-2H3/t15?,16-,17-,18?;11?,12-,14?/m00/s1. The summed E-state index contributed by atoms with van der Waals surface area (Å²) in [6, 6.07) is 1.50. The number of rotatable bonds is 11. The molecule has 0 aromatic carbocycles. The topological polar surface area (TPSA) is 97.9 Å². The Bertz CT molecular complexity index is 913. The van der Waals surface area contributed by atoms with Gasteiger partial charge in [0.15, 0.2) is 0 Å². The lowest BCUT2D eigenvalue weighted by molar-refractivity contribution is -0.151. The number of carbonyl (C=O) groups excluding carboxylic acids is 3. The highest BCUT2D eigenvalue weighted by atomic mass is 16.5. The Balaban J connectivity index is 0.000000204. The number of likely N-dealkylation sites (N-methyl/N-ethyl adjacent to an activating group) is 2. The Morgan fingerprint density at radius 3 is 1.66 bits per heavy atom. The molecule has 0 bridgehead atoms. The van der Waals surface area contributed by atoms with Crippen LogP contribution in [-0.2, 0) is 33.3 Å². The Hall–Kier alpha value is -1.59. The van der Waals surface area contributed by atoms with Crippen molar-refractivity contribution in [1.29, 1.82) is 0 Å². The summed E-state index contributed by atoms with van der Waals surface area (Å²) in [7, 11) is 4.20. The molecule has 2 saturated carbocycles. The van der Waals surface area contributed by atoms with E-state index in [1.165, 1.54) is 26.1 Å². The highest BCUT2D eigenvalue weighted by molar-refractivity contribution is 5.83. The number of ether oxygens (including phenoxy) is 4. The summed E-state index contributed by atoms with van der Waals surface area (Å²) < 4.78 is 22.3. The third-order valence-corrected chi connectivity index (χ3v) is 10.4. The number of ketones is 1. The number of nitrogens with zero attached hydrogens (tertiary/aromatic N) is 3. The van der Waals surface area contributed by atoms with E-state index in [0.717, 1.165) is 69.9 Å². The van der Waals surface area contributed by atoms with Gasteiger partial charge < -0.3 is 18.9 Å². The van der Waals surface area contributed by atoms with Gasteiger partial charge in [0.25, 0.3) is 0 Å². The van der Waals surface area contributed by atoms with Crippen molar-refractivity contribution in [2.24, 2.45) is 17.8 Å². The number of hydrogen-bond acceptors (Lipinski definition) is 10. The Morgan fingerprint density at radius 2 is 1.23 bits per heavy atom. The van der Waals surface area contributed by atoms with Gasteiger partial charge in [-0.1, -0.05) is 6.92 Å². The van der Waals surface area contributed by atoms with Gasteiger partial charge in [-0.15, -0.1) is 0 Å². The summed E-state index contributed by atoms with van der Waals surface area (Å²) >= 11 is 0. The Labute approximate surface area is 265 Å². The molecule has 0 spiro atoms. The second kappa shape index (κ2) is 17.4. The monoisotopic (exact) mass is 621 g/mol. The molecule has 3 saturated heterocycles. The molecule has 3 atom stereocenters. The van der Waals surface area contributed by atoms with Crippen molar-refractivity contribution in [1.82, 2.24) is 14.7 Å². The molecule has 0 aromatic heterocycles. The van der Waals surface area contributed by atoms with E-state index in [0.29, 0.717) is 50.7 Å². The van der Waals surface area contributed by atoms with Crippen molar-refractivity contribution in [3.05, 3.63) is 0 Å². The van der Waals surface area contributed by atoms with Gasteiger partial charge in [0.2, 0.25) is 0 Å². The normalized spacial score (nSPS) is 33.8. The van der Waals surface area contributed by atoms with E-state index in [4.69, 9.17) is 18.9 Å². The average molecular weight is 622 g/mol. The van der Waals surface area contributed by atoms with Crippen LogP contribution in [0.25, 0.3) is 0 Å². The summed E-state index contributed by atoms with van der Waals surface area (Å²) in [5, 5.41) is 0. The second-order valence-corrected chi connectivity index (χ2v) is 14.0. The largest absolute Gasteiger partial charge is 0.466 e. The highest BCUT2D eigenvalue weighted by Crippen LogP contribution is 2.31. The lowest BCUT2D eigenvalue weighted by Gasteiger charge is -2.41. The zero-order valence-electron chi connectivity index (χ0n) is 28.0. The lowest BCUT2D eigenvalue weighted by atomic mass is 9.87. The molecule has 5 fully saturated rings. The minimum Gasteiger partial charge on any atom is -0.466 e. The molecule has 5 rings (SSSR count). The molecule has 3 heterocycles. The van der Waals surface area contributed by atoms with Crippen LogP contribution in [0.5, 0.6) is 0 Å². The summed E-state index contributed by atoms with van der Waals surface area (Å²) in [6.07, 6.45) is 9.73. The first-order chi connectivity index (χ1) is 21.2. The molecule has 0 unspecified atom stereocenters. The van der Waals surface area contributed by atoms with Crippen LogP contribution in [0.15, 0.2) is 0 Å². The van der Waals surface area contributed by atoms with Crippen LogP contribution in [0, 0.1) is 17.8 Å². The van der Waals surface area contributed by atoms with E-state index in [2.05, 4.69) is 28.7 Å². The van der Waals surface area contributed by atoms with Crippen LogP contribution in [-0.4, -0.2) is 129 Å². The predicted molar refractivity (Wildman–Crippen MR) is 168 cm³/mol. The minimum absolute atomic E-state index is 0.0157. The average Bonchev–Trinajstić information content (AvgIpc) is 3.53. The maximum absolute atomic E-state index is 11.8. The highest BCUT2D eigenvalue weighted by Gasteiger charge is 2.38. The molecule has 5 aliphatic rings. The lowest BCUT2D eigenvalue weighted by Crippen LogP contribution is -2.51. The number of esters is 2. The molecular weight excluding hydrogens is 562 g/mol. The SMILES string of the molecule is CCOC(=O)C1CCC(OC[C@@H]2CC(=O)CN2C)CC1.CCOC(=O)C1CCC(OC[C@@H]2C[C@H](N3CC(C)C3)CN2C)CC1. The van der Waals surface area contributed by atoms with E-state index in [-0.39, 0.29) is 35.9 Å². The fraction of sp³-hybridized carbons (Fsp3) is 0.912. The first-order valence-corrected chi connectivity index (χ1v) is 17.4. The van der Waals surface area contributed by atoms with E-state index < -0.39 is 0 Å². The second-order valence-electron chi connectivity index (χ2n) is 14.0. The zero-order valence-corrected chi connectivity index (χ0v) is 28.0. The molecule has 2 aliphatic carbocycles. The minimum atomic E-state index is -0.0629. The first-order valence-electron chi connectivity index (χ1n) is 17.4. The molecule has 10 nitrogen and oxygen atoms in total. The van der Waals surface area contributed by atoms with Crippen molar-refractivity contribution < 1.29 is 33.3 Å². The molecule has 0 radical (unpaired) electrons. The molecule has 252 valence electrons. The fourth-order valence-electron chi connectivity index (χ4n) is 7.58. The molecule has 0 amide bonds. The van der Waals surface area contributed by atoms with Crippen LogP contribution >= 0.6 is 0 Å². The van der Waals surface area contributed by atoms with Gasteiger partial charge in [0.1, 0.15) is 5.78 Å². The van der Waals surface area contributed by atoms with Gasteiger partial charge in [0.05, 0.1) is 57.0 Å². The number of likely N-dealkylation sites (tertiary alicyclic amines) is 3. The molecule has 0 N–H and O–H groups in total. The van der Waals surface area contributed by atoms with Gasteiger partial charge in [-0.2, -0.15) is 0 Å². The van der Waals surface area contributed by atoms with Crippen molar-refractivity contribution in [2.75, 3.05) is 66.7 Å². The van der Waals surface area contributed by atoms with E-state index >= 15 is 0 Å². The van der Waals surface area contributed by atoms with E-state index in [1.807, 2.05) is 20.9 Å². The number of carbonyl (C=O) groups is 3. The van der Waals surface area contributed by atoms with Crippen LogP contribution in [0.3, 0.4) is 0 Å². The smallest absolute Gasteiger partial charge is 0.308 e. The van der Waals surface area contributed by atoms with E-state index in [1.54, 1.807) is 0 Å². The van der Waals surface area contributed by atoms with Crippen molar-refractivity contribution >= 4 is 17.7 Å². The van der Waals surface area contributed by atoms with Gasteiger partial charge in [-0.05, 0) is 91.6 Å². The Morgan fingerprint density at radius 1 is 0.727 bits per heavy atom. The summed E-state index contributed by atoms with van der Waals surface area (Å²) in [5.41, 5.74) is 0. The van der Waals surface area contributed by atoms with Gasteiger partial charge in [-0.25, -0.2) is 0 Å². The van der Waals surface area contributed by atoms with Crippen LogP contribution < -0.4 is 0 Å². The van der Waals surface area contributed by atoms with Crippen molar-refractivity contribution in [3.63, 3.8) is 0 Å². The van der Waals surface area contributed by atoms with Gasteiger partial charge in [-0.3, -0.25) is 29.1 Å². The van der Waals surface area contributed by atoms with Crippen LogP contribution in [0.1, 0.15) is 85.0 Å². The predicted octanol–water partition coefficient (Wildman–Crippen LogP) is 3.55. The third kappa shape index (κ3) is 10.2. The van der Waals surface area contributed by atoms with Crippen molar-refractivity contribution in [2.45, 2.75) is 115 Å².